The molecule has 142 valence electrons. The van der Waals surface area contributed by atoms with Crippen LogP contribution in [0.4, 0.5) is 0 Å². The van der Waals surface area contributed by atoms with Crippen LogP contribution in [0.1, 0.15) is 47.0 Å². The molecule has 0 saturated heterocycles. The number of nitrogens with zero attached hydrogens (tertiary/aromatic N) is 1. The van der Waals surface area contributed by atoms with E-state index in [0.717, 1.165) is 18.8 Å². The van der Waals surface area contributed by atoms with Crippen LogP contribution in [0.5, 0.6) is 0 Å². The van der Waals surface area contributed by atoms with Crippen LogP contribution in [-0.2, 0) is 9.84 Å². The highest BCUT2D eigenvalue weighted by Gasteiger charge is 2.14. The summed E-state index contributed by atoms with van der Waals surface area (Å²) in [5.41, 5.74) is 0.318. The molecule has 0 aliphatic rings. The lowest BCUT2D eigenvalue weighted by atomic mass is 9.89. The fourth-order valence-electron chi connectivity index (χ4n) is 2.36. The van der Waals surface area contributed by atoms with Crippen LogP contribution in [-0.4, -0.2) is 39.8 Å². The second-order valence-electron chi connectivity index (χ2n) is 7.63. The Morgan fingerprint density at radius 2 is 1.84 bits per heavy atom. The van der Waals surface area contributed by atoms with E-state index in [2.05, 4.69) is 43.3 Å². The lowest BCUT2D eigenvalue weighted by Crippen LogP contribution is -2.43. The van der Waals surface area contributed by atoms with Gasteiger partial charge in [-0.05, 0) is 43.7 Å². The summed E-state index contributed by atoms with van der Waals surface area (Å²) < 4.78 is 24.5. The van der Waals surface area contributed by atoms with Crippen LogP contribution in [0.3, 0.4) is 0 Å². The fraction of sp³-hybridized carbons (Fsp3) is 0.632. The maximum absolute atomic E-state index is 12.2. The van der Waals surface area contributed by atoms with E-state index in [0.29, 0.717) is 29.3 Å². The van der Waals surface area contributed by atoms with E-state index in [4.69, 9.17) is 0 Å². The molecule has 2 N–H and O–H groups in total. The smallest absolute Gasteiger partial charge is 0.191 e. The van der Waals surface area contributed by atoms with Crippen molar-refractivity contribution in [2.45, 2.75) is 57.9 Å². The molecule has 5 nitrogen and oxygen atoms in total. The van der Waals surface area contributed by atoms with Gasteiger partial charge in [0.25, 0.3) is 0 Å². The van der Waals surface area contributed by atoms with Gasteiger partial charge in [0.2, 0.25) is 0 Å². The molecule has 0 amide bonds. The first-order valence-electron chi connectivity index (χ1n) is 8.89. The maximum Gasteiger partial charge on any atom is 0.191 e. The summed E-state index contributed by atoms with van der Waals surface area (Å²) in [4.78, 5) is 4.59. The molecular weight excluding hydrogens is 334 g/mol. The van der Waals surface area contributed by atoms with Gasteiger partial charge in [-0.2, -0.15) is 0 Å². The molecule has 25 heavy (non-hydrogen) atoms. The van der Waals surface area contributed by atoms with Crippen LogP contribution in [0.2, 0.25) is 0 Å². The quantitative estimate of drug-likeness (QED) is 0.420. The number of nitrogens with one attached hydrogen (secondary N) is 2. The average molecular weight is 368 g/mol. The van der Waals surface area contributed by atoms with Crippen molar-refractivity contribution < 1.29 is 8.42 Å². The second kappa shape index (κ2) is 9.80. The van der Waals surface area contributed by atoms with Gasteiger partial charge >= 0.3 is 0 Å². The molecule has 0 saturated carbocycles. The molecule has 1 aromatic rings. The molecule has 0 fully saturated rings. The van der Waals surface area contributed by atoms with Crippen LogP contribution < -0.4 is 10.6 Å². The van der Waals surface area contributed by atoms with Gasteiger partial charge in [-0.3, -0.25) is 4.99 Å². The van der Waals surface area contributed by atoms with E-state index in [1.807, 2.05) is 6.07 Å². The Balaban J connectivity index is 2.36. The highest BCUT2D eigenvalue weighted by atomic mass is 32.2. The molecule has 0 aliphatic carbocycles. The minimum Gasteiger partial charge on any atom is -0.356 e. The number of aliphatic imine (C=N–C) groups is 1. The van der Waals surface area contributed by atoms with Gasteiger partial charge in [-0.1, -0.05) is 39.0 Å². The summed E-state index contributed by atoms with van der Waals surface area (Å²) in [6.07, 6.45) is 2.73. The fourth-order valence-corrected chi connectivity index (χ4v) is 3.70. The summed E-state index contributed by atoms with van der Waals surface area (Å²) in [5, 5.41) is 6.55. The molecule has 1 rings (SSSR count). The Kier molecular flexibility index (Phi) is 8.42. The van der Waals surface area contributed by atoms with Crippen LogP contribution in [0.25, 0.3) is 0 Å². The molecule has 1 aromatic carbocycles. The minimum absolute atomic E-state index is 0.126. The number of rotatable bonds is 8. The second-order valence-corrected chi connectivity index (χ2v) is 9.74. The minimum atomic E-state index is -3.21. The van der Waals surface area contributed by atoms with Gasteiger partial charge in [-0.25, -0.2) is 8.42 Å². The number of guanidine groups is 1. The SMILES string of the molecule is CN=C(NCCCS(=O)(=O)c1ccccc1)NC(C)CCC(C)(C)C. The van der Waals surface area contributed by atoms with Crippen molar-refractivity contribution >= 4 is 15.8 Å². The van der Waals surface area contributed by atoms with Crippen LogP contribution >= 0.6 is 0 Å². The lowest BCUT2D eigenvalue weighted by molar-refractivity contribution is 0.346. The number of hydrogen-bond acceptors (Lipinski definition) is 3. The monoisotopic (exact) mass is 367 g/mol. The highest BCUT2D eigenvalue weighted by molar-refractivity contribution is 7.91. The predicted octanol–water partition coefficient (Wildman–Crippen LogP) is 3.23. The Hall–Kier alpha value is -1.56. The van der Waals surface area contributed by atoms with Crippen molar-refractivity contribution in [3.05, 3.63) is 30.3 Å². The third-order valence-corrected chi connectivity index (χ3v) is 5.74. The van der Waals surface area contributed by atoms with Gasteiger partial charge in [-0.15, -0.1) is 0 Å². The zero-order valence-electron chi connectivity index (χ0n) is 16.2. The van der Waals surface area contributed by atoms with Crippen molar-refractivity contribution in [1.82, 2.24) is 10.6 Å². The number of sulfone groups is 1. The van der Waals surface area contributed by atoms with Crippen molar-refractivity contribution in [1.29, 1.82) is 0 Å². The molecule has 0 aromatic heterocycles. The van der Waals surface area contributed by atoms with E-state index < -0.39 is 9.84 Å². The van der Waals surface area contributed by atoms with Crippen LogP contribution in [0.15, 0.2) is 40.2 Å². The normalized spacial score (nSPS) is 14.2. The highest BCUT2D eigenvalue weighted by Crippen LogP contribution is 2.21. The summed E-state index contributed by atoms with van der Waals surface area (Å²) in [6, 6.07) is 8.90. The van der Waals surface area contributed by atoms with E-state index in [1.165, 1.54) is 0 Å². The maximum atomic E-state index is 12.2. The zero-order valence-corrected chi connectivity index (χ0v) is 17.0. The Labute approximate surface area is 153 Å². The molecular formula is C19H33N3O2S. The Bertz CT molecular complexity index is 634. The Morgan fingerprint density at radius 3 is 2.40 bits per heavy atom. The summed E-state index contributed by atoms with van der Waals surface area (Å²) in [6.45, 7) is 9.41. The van der Waals surface area contributed by atoms with E-state index in [1.54, 1.807) is 31.3 Å². The van der Waals surface area contributed by atoms with Crippen molar-refractivity contribution in [3.8, 4) is 0 Å². The molecule has 1 atom stereocenters. The van der Waals surface area contributed by atoms with Gasteiger partial charge in [0.15, 0.2) is 15.8 Å². The summed E-state index contributed by atoms with van der Waals surface area (Å²) in [7, 11) is -1.48. The third-order valence-electron chi connectivity index (χ3n) is 3.92. The van der Waals surface area contributed by atoms with Crippen LogP contribution in [0, 0.1) is 5.41 Å². The molecule has 0 bridgehead atoms. The van der Waals surface area contributed by atoms with E-state index in [9.17, 15) is 8.42 Å². The zero-order chi connectivity index (χ0) is 18.9. The van der Waals surface area contributed by atoms with Gasteiger partial charge in [0.1, 0.15) is 0 Å². The van der Waals surface area contributed by atoms with Crippen molar-refractivity contribution in [2.75, 3.05) is 19.3 Å². The molecule has 0 spiro atoms. The molecule has 0 radical (unpaired) electrons. The predicted molar refractivity (Wildman–Crippen MR) is 106 cm³/mol. The molecule has 0 aliphatic heterocycles. The first kappa shape index (κ1) is 21.5. The van der Waals surface area contributed by atoms with Crippen molar-refractivity contribution in [2.24, 2.45) is 10.4 Å². The summed E-state index contributed by atoms with van der Waals surface area (Å²) in [5.74, 6) is 0.846. The van der Waals surface area contributed by atoms with Gasteiger partial charge in [0, 0.05) is 19.6 Å². The van der Waals surface area contributed by atoms with E-state index >= 15 is 0 Å². The average Bonchev–Trinajstić information content (AvgIpc) is 2.56. The summed E-state index contributed by atoms with van der Waals surface area (Å²) >= 11 is 0. The standard InChI is InChI=1S/C19H33N3O2S/c1-16(12-13-19(2,3)4)22-18(20-5)21-14-9-15-25(23,24)17-10-7-6-8-11-17/h6-8,10-11,16H,9,12-15H2,1-5H3,(H2,20,21,22). The lowest BCUT2D eigenvalue weighted by Gasteiger charge is -2.23. The van der Waals surface area contributed by atoms with Crippen molar-refractivity contribution in [3.63, 3.8) is 0 Å². The molecule has 6 heteroatoms. The Morgan fingerprint density at radius 1 is 1.20 bits per heavy atom. The molecule has 0 heterocycles. The third kappa shape index (κ3) is 8.91. The van der Waals surface area contributed by atoms with E-state index in [-0.39, 0.29) is 5.75 Å². The van der Waals surface area contributed by atoms with Gasteiger partial charge < -0.3 is 10.6 Å². The first-order valence-corrected chi connectivity index (χ1v) is 10.5. The first-order chi connectivity index (χ1) is 11.6. The largest absolute Gasteiger partial charge is 0.356 e. The number of benzene rings is 1. The van der Waals surface area contributed by atoms with Gasteiger partial charge in [0.05, 0.1) is 10.6 Å². The molecule has 1 unspecified atom stereocenters. The topological polar surface area (TPSA) is 70.6 Å². The number of hydrogen-bond donors (Lipinski definition) is 2.